The molecule has 0 heterocycles. The SMILES string of the molecule is CCNC(=NCc1ccc(OC)cc1)NCc1ccc(C(=O)NC(C)CC)cc1. The summed E-state index contributed by atoms with van der Waals surface area (Å²) < 4.78 is 5.18. The fourth-order valence-corrected chi connectivity index (χ4v) is 2.61. The third-order valence-corrected chi connectivity index (χ3v) is 4.59. The number of hydrogen-bond donors (Lipinski definition) is 3. The Hall–Kier alpha value is -3.02. The van der Waals surface area contributed by atoms with Crippen molar-refractivity contribution in [2.75, 3.05) is 13.7 Å². The zero-order valence-corrected chi connectivity index (χ0v) is 17.8. The molecule has 29 heavy (non-hydrogen) atoms. The molecule has 1 amide bonds. The number of methoxy groups -OCH3 is 1. The number of guanidine groups is 1. The second-order valence-corrected chi connectivity index (χ2v) is 6.88. The number of benzene rings is 2. The van der Waals surface area contributed by atoms with E-state index >= 15 is 0 Å². The van der Waals surface area contributed by atoms with Crippen molar-refractivity contribution >= 4 is 11.9 Å². The van der Waals surface area contributed by atoms with Crippen molar-refractivity contribution in [1.82, 2.24) is 16.0 Å². The smallest absolute Gasteiger partial charge is 0.251 e. The van der Waals surface area contributed by atoms with Crippen molar-refractivity contribution in [2.45, 2.75) is 46.3 Å². The standard InChI is InChI=1S/C23H32N4O2/c1-5-17(3)27-22(28)20-11-7-18(8-12-20)15-25-23(24-6-2)26-16-19-9-13-21(29-4)14-10-19/h7-14,17H,5-6,15-16H2,1-4H3,(H,27,28)(H2,24,25,26). The van der Waals surface area contributed by atoms with Crippen LogP contribution in [0.2, 0.25) is 0 Å². The molecular formula is C23H32N4O2. The van der Waals surface area contributed by atoms with E-state index in [4.69, 9.17) is 4.74 Å². The maximum Gasteiger partial charge on any atom is 0.251 e. The van der Waals surface area contributed by atoms with Gasteiger partial charge in [-0.05, 0) is 55.7 Å². The van der Waals surface area contributed by atoms with Gasteiger partial charge in [-0.2, -0.15) is 0 Å². The minimum Gasteiger partial charge on any atom is -0.497 e. The summed E-state index contributed by atoms with van der Waals surface area (Å²) in [6.45, 7) is 8.08. The molecule has 0 fully saturated rings. The normalized spacial score (nSPS) is 12.2. The zero-order valence-electron chi connectivity index (χ0n) is 17.8. The maximum absolute atomic E-state index is 12.2. The second kappa shape index (κ2) is 11.7. The Balaban J connectivity index is 1.92. The van der Waals surface area contributed by atoms with Crippen LogP contribution in [-0.2, 0) is 13.1 Å². The number of ether oxygens (including phenoxy) is 1. The zero-order chi connectivity index (χ0) is 21.1. The van der Waals surface area contributed by atoms with Gasteiger partial charge < -0.3 is 20.7 Å². The van der Waals surface area contributed by atoms with Crippen molar-refractivity contribution in [3.63, 3.8) is 0 Å². The quantitative estimate of drug-likeness (QED) is 0.448. The number of nitrogens with zero attached hydrogens (tertiary/aromatic N) is 1. The summed E-state index contributed by atoms with van der Waals surface area (Å²) in [5, 5.41) is 9.57. The number of hydrogen-bond acceptors (Lipinski definition) is 3. The van der Waals surface area contributed by atoms with E-state index < -0.39 is 0 Å². The Morgan fingerprint density at radius 1 is 1.00 bits per heavy atom. The van der Waals surface area contributed by atoms with Gasteiger partial charge in [-0.1, -0.05) is 31.2 Å². The van der Waals surface area contributed by atoms with Gasteiger partial charge in [0, 0.05) is 24.7 Å². The molecule has 6 nitrogen and oxygen atoms in total. The fourth-order valence-electron chi connectivity index (χ4n) is 2.61. The first kappa shape index (κ1) is 22.3. The van der Waals surface area contributed by atoms with Gasteiger partial charge in [-0.15, -0.1) is 0 Å². The molecule has 0 aliphatic heterocycles. The van der Waals surface area contributed by atoms with Gasteiger partial charge in [0.05, 0.1) is 13.7 Å². The Kier molecular flexibility index (Phi) is 9.02. The van der Waals surface area contributed by atoms with Crippen molar-refractivity contribution in [3.05, 3.63) is 65.2 Å². The third-order valence-electron chi connectivity index (χ3n) is 4.59. The van der Waals surface area contributed by atoms with Gasteiger partial charge in [0.15, 0.2) is 5.96 Å². The van der Waals surface area contributed by atoms with Gasteiger partial charge >= 0.3 is 0 Å². The highest BCUT2D eigenvalue weighted by atomic mass is 16.5. The van der Waals surface area contributed by atoms with Gasteiger partial charge in [-0.3, -0.25) is 4.79 Å². The average molecular weight is 397 g/mol. The van der Waals surface area contributed by atoms with Gasteiger partial charge in [0.1, 0.15) is 5.75 Å². The molecule has 0 aromatic heterocycles. The molecule has 0 saturated heterocycles. The van der Waals surface area contributed by atoms with Gasteiger partial charge in [0.2, 0.25) is 0 Å². The predicted molar refractivity (Wildman–Crippen MR) is 118 cm³/mol. The molecule has 6 heteroatoms. The van der Waals surface area contributed by atoms with E-state index in [2.05, 4.69) is 27.9 Å². The van der Waals surface area contributed by atoms with Crippen molar-refractivity contribution in [3.8, 4) is 5.75 Å². The average Bonchev–Trinajstić information content (AvgIpc) is 2.76. The fraction of sp³-hybridized carbons (Fsp3) is 0.391. The first-order chi connectivity index (χ1) is 14.0. The Bertz CT molecular complexity index is 786. The number of carbonyl (C=O) groups is 1. The molecule has 0 aliphatic carbocycles. The molecule has 0 radical (unpaired) electrons. The number of rotatable bonds is 9. The summed E-state index contributed by atoms with van der Waals surface area (Å²) in [4.78, 5) is 16.8. The monoisotopic (exact) mass is 396 g/mol. The van der Waals surface area contributed by atoms with Crippen LogP contribution < -0.4 is 20.7 Å². The van der Waals surface area contributed by atoms with Crippen LogP contribution >= 0.6 is 0 Å². The van der Waals surface area contributed by atoms with E-state index in [9.17, 15) is 4.79 Å². The molecule has 0 aliphatic rings. The van der Waals surface area contributed by atoms with Crippen molar-refractivity contribution < 1.29 is 9.53 Å². The van der Waals surface area contributed by atoms with Crippen LogP contribution in [0.15, 0.2) is 53.5 Å². The van der Waals surface area contributed by atoms with Crippen molar-refractivity contribution in [2.24, 2.45) is 4.99 Å². The number of nitrogens with one attached hydrogen (secondary N) is 3. The molecule has 3 N–H and O–H groups in total. The van der Waals surface area contributed by atoms with Gasteiger partial charge in [-0.25, -0.2) is 4.99 Å². The van der Waals surface area contributed by atoms with E-state index in [1.165, 1.54) is 0 Å². The Labute approximate surface area is 173 Å². The Morgan fingerprint density at radius 3 is 2.24 bits per heavy atom. The minimum atomic E-state index is -0.0340. The summed E-state index contributed by atoms with van der Waals surface area (Å²) in [7, 11) is 1.66. The Morgan fingerprint density at radius 2 is 1.66 bits per heavy atom. The molecule has 0 saturated carbocycles. The lowest BCUT2D eigenvalue weighted by molar-refractivity contribution is 0.0939. The van der Waals surface area contributed by atoms with Crippen LogP contribution in [0.25, 0.3) is 0 Å². The van der Waals surface area contributed by atoms with Crippen LogP contribution in [0.3, 0.4) is 0 Å². The molecule has 1 unspecified atom stereocenters. The summed E-state index contributed by atoms with van der Waals surface area (Å²) in [5.41, 5.74) is 2.87. The van der Waals surface area contributed by atoms with Crippen LogP contribution in [0.4, 0.5) is 0 Å². The van der Waals surface area contributed by atoms with Crippen molar-refractivity contribution in [1.29, 1.82) is 0 Å². The number of aliphatic imine (C=N–C) groups is 1. The molecule has 2 aromatic carbocycles. The highest BCUT2D eigenvalue weighted by molar-refractivity contribution is 5.94. The topological polar surface area (TPSA) is 74.8 Å². The summed E-state index contributed by atoms with van der Waals surface area (Å²) >= 11 is 0. The van der Waals surface area contributed by atoms with Crippen LogP contribution in [0.1, 0.15) is 48.7 Å². The van der Waals surface area contributed by atoms with E-state index in [-0.39, 0.29) is 11.9 Å². The molecule has 2 aromatic rings. The first-order valence-electron chi connectivity index (χ1n) is 10.1. The lowest BCUT2D eigenvalue weighted by Crippen LogP contribution is -2.36. The molecule has 0 bridgehead atoms. The van der Waals surface area contributed by atoms with Crippen LogP contribution in [0, 0.1) is 0 Å². The third kappa shape index (κ3) is 7.49. The molecule has 2 rings (SSSR count). The lowest BCUT2D eigenvalue weighted by Gasteiger charge is -2.13. The second-order valence-electron chi connectivity index (χ2n) is 6.88. The molecule has 156 valence electrons. The summed E-state index contributed by atoms with van der Waals surface area (Å²) in [5.74, 6) is 1.55. The molecular weight excluding hydrogens is 364 g/mol. The predicted octanol–water partition coefficient (Wildman–Crippen LogP) is 3.48. The van der Waals surface area contributed by atoms with E-state index in [0.717, 1.165) is 35.8 Å². The van der Waals surface area contributed by atoms with E-state index in [0.29, 0.717) is 18.7 Å². The molecule has 1 atom stereocenters. The summed E-state index contributed by atoms with van der Waals surface area (Å²) in [6.07, 6.45) is 0.914. The highest BCUT2D eigenvalue weighted by Gasteiger charge is 2.08. The number of carbonyl (C=O) groups excluding carboxylic acids is 1. The minimum absolute atomic E-state index is 0.0340. The van der Waals surface area contributed by atoms with E-state index in [1.54, 1.807) is 7.11 Å². The summed E-state index contributed by atoms with van der Waals surface area (Å²) in [6, 6.07) is 15.7. The molecule has 0 spiro atoms. The van der Waals surface area contributed by atoms with Crippen LogP contribution in [-0.4, -0.2) is 31.6 Å². The largest absolute Gasteiger partial charge is 0.497 e. The van der Waals surface area contributed by atoms with E-state index in [1.807, 2.05) is 62.4 Å². The number of amides is 1. The van der Waals surface area contributed by atoms with Crippen LogP contribution in [0.5, 0.6) is 5.75 Å². The van der Waals surface area contributed by atoms with Gasteiger partial charge in [0.25, 0.3) is 5.91 Å². The lowest BCUT2D eigenvalue weighted by atomic mass is 10.1. The first-order valence-corrected chi connectivity index (χ1v) is 10.1. The maximum atomic E-state index is 12.2. The highest BCUT2D eigenvalue weighted by Crippen LogP contribution is 2.12.